The number of hydrogen-bond acceptors (Lipinski definition) is 2. The van der Waals surface area contributed by atoms with Gasteiger partial charge in [0.15, 0.2) is 6.10 Å². The Balaban J connectivity index is 2.59. The van der Waals surface area contributed by atoms with Crippen LogP contribution < -0.4 is 5.32 Å². The summed E-state index contributed by atoms with van der Waals surface area (Å²) in [6, 6.07) is 0. The van der Waals surface area contributed by atoms with Gasteiger partial charge < -0.3 is 10.1 Å². The molecule has 2 atom stereocenters. The Morgan fingerprint density at radius 3 is 2.64 bits per heavy atom. The Morgan fingerprint density at radius 2 is 2.14 bits per heavy atom. The van der Waals surface area contributed by atoms with Crippen molar-refractivity contribution < 1.29 is 17.9 Å². The first-order chi connectivity index (χ1) is 6.37. The van der Waals surface area contributed by atoms with Crippen molar-refractivity contribution in [2.45, 2.75) is 44.6 Å². The maximum Gasteiger partial charge on any atom is 0.415 e. The lowest BCUT2D eigenvalue weighted by Crippen LogP contribution is -2.56. The van der Waals surface area contributed by atoms with E-state index in [1.807, 2.05) is 6.92 Å². The van der Waals surface area contributed by atoms with Gasteiger partial charge in [-0.2, -0.15) is 13.2 Å². The number of morpholine rings is 1. The maximum absolute atomic E-state index is 12.4. The summed E-state index contributed by atoms with van der Waals surface area (Å²) < 4.78 is 42.2. The van der Waals surface area contributed by atoms with Gasteiger partial charge in [0.25, 0.3) is 0 Å². The van der Waals surface area contributed by atoms with Crippen LogP contribution in [0.3, 0.4) is 0 Å². The fourth-order valence-electron chi connectivity index (χ4n) is 1.75. The van der Waals surface area contributed by atoms with Gasteiger partial charge in [-0.05, 0) is 13.3 Å². The van der Waals surface area contributed by atoms with E-state index in [4.69, 9.17) is 4.74 Å². The highest BCUT2D eigenvalue weighted by Gasteiger charge is 2.46. The number of hydrogen-bond donors (Lipinski definition) is 1. The molecule has 2 unspecified atom stereocenters. The van der Waals surface area contributed by atoms with Crippen LogP contribution in [0.25, 0.3) is 0 Å². The molecule has 0 aromatic heterocycles. The highest BCUT2D eigenvalue weighted by molar-refractivity contribution is 4.87. The summed E-state index contributed by atoms with van der Waals surface area (Å²) in [6.45, 7) is 4.02. The van der Waals surface area contributed by atoms with Crippen LogP contribution in [-0.2, 0) is 4.74 Å². The van der Waals surface area contributed by atoms with Crippen molar-refractivity contribution in [1.82, 2.24) is 5.32 Å². The van der Waals surface area contributed by atoms with Crippen LogP contribution in [0.2, 0.25) is 0 Å². The highest BCUT2D eigenvalue weighted by Crippen LogP contribution is 2.30. The summed E-state index contributed by atoms with van der Waals surface area (Å²) in [6.07, 6.45) is -4.45. The van der Waals surface area contributed by atoms with E-state index in [0.29, 0.717) is 13.0 Å². The van der Waals surface area contributed by atoms with E-state index in [-0.39, 0.29) is 6.54 Å². The van der Waals surface area contributed by atoms with E-state index < -0.39 is 17.9 Å². The van der Waals surface area contributed by atoms with E-state index in [0.717, 1.165) is 6.42 Å². The molecule has 0 aromatic carbocycles. The van der Waals surface area contributed by atoms with Crippen LogP contribution in [0.5, 0.6) is 0 Å². The molecule has 0 aliphatic carbocycles. The number of alkyl halides is 3. The fraction of sp³-hybridized carbons (Fsp3) is 1.00. The molecular formula is C9H16F3NO. The van der Waals surface area contributed by atoms with E-state index in [1.165, 1.54) is 0 Å². The van der Waals surface area contributed by atoms with Crippen LogP contribution >= 0.6 is 0 Å². The molecule has 1 fully saturated rings. The molecule has 1 aliphatic rings. The van der Waals surface area contributed by atoms with Gasteiger partial charge in [-0.1, -0.05) is 13.3 Å². The SMILES string of the molecule is CCCC1(C)CNCC(C(F)(F)F)O1. The minimum absolute atomic E-state index is 0.136. The molecule has 2 nitrogen and oxygen atoms in total. The van der Waals surface area contributed by atoms with E-state index in [9.17, 15) is 13.2 Å². The van der Waals surface area contributed by atoms with Crippen molar-refractivity contribution in [3.05, 3.63) is 0 Å². The van der Waals surface area contributed by atoms with Crippen molar-refractivity contribution in [3.63, 3.8) is 0 Å². The zero-order valence-corrected chi connectivity index (χ0v) is 8.45. The zero-order valence-electron chi connectivity index (χ0n) is 8.45. The number of rotatable bonds is 2. The zero-order chi connectivity index (χ0) is 10.8. The van der Waals surface area contributed by atoms with Gasteiger partial charge >= 0.3 is 6.18 Å². The minimum Gasteiger partial charge on any atom is -0.360 e. The van der Waals surface area contributed by atoms with Gasteiger partial charge in [0.1, 0.15) is 0 Å². The Bertz CT molecular complexity index is 191. The lowest BCUT2D eigenvalue weighted by molar-refractivity contribution is -0.260. The van der Waals surface area contributed by atoms with E-state index in [2.05, 4.69) is 5.32 Å². The molecule has 14 heavy (non-hydrogen) atoms. The van der Waals surface area contributed by atoms with Crippen molar-refractivity contribution in [2.24, 2.45) is 0 Å². The summed E-state index contributed by atoms with van der Waals surface area (Å²) in [5.74, 6) is 0. The first-order valence-electron chi connectivity index (χ1n) is 4.83. The Labute approximate surface area is 81.8 Å². The second-order valence-electron chi connectivity index (χ2n) is 3.98. The second kappa shape index (κ2) is 4.06. The minimum atomic E-state index is -4.26. The first-order valence-corrected chi connectivity index (χ1v) is 4.83. The fourth-order valence-corrected chi connectivity index (χ4v) is 1.75. The molecular weight excluding hydrogens is 195 g/mol. The van der Waals surface area contributed by atoms with Gasteiger partial charge in [0.2, 0.25) is 0 Å². The van der Waals surface area contributed by atoms with E-state index >= 15 is 0 Å². The molecule has 0 bridgehead atoms. The summed E-state index contributed by atoms with van der Waals surface area (Å²) in [5, 5.41) is 2.77. The standard InChI is InChI=1S/C9H16F3NO/c1-3-4-8(2)6-13-5-7(14-8)9(10,11)12/h7,13H,3-6H2,1-2H3. The lowest BCUT2D eigenvalue weighted by atomic mass is 9.98. The Morgan fingerprint density at radius 1 is 1.50 bits per heavy atom. The number of nitrogens with one attached hydrogen (secondary N) is 1. The monoisotopic (exact) mass is 211 g/mol. The molecule has 5 heteroatoms. The molecule has 1 saturated heterocycles. The second-order valence-corrected chi connectivity index (χ2v) is 3.98. The lowest BCUT2D eigenvalue weighted by Gasteiger charge is -2.39. The third-order valence-corrected chi connectivity index (χ3v) is 2.40. The molecule has 1 N–H and O–H groups in total. The smallest absolute Gasteiger partial charge is 0.360 e. The number of ether oxygens (including phenoxy) is 1. The van der Waals surface area contributed by atoms with Crippen LogP contribution in [0.1, 0.15) is 26.7 Å². The predicted octanol–water partition coefficient (Wildman–Crippen LogP) is 2.10. The topological polar surface area (TPSA) is 21.3 Å². The van der Waals surface area contributed by atoms with Gasteiger partial charge in [-0.15, -0.1) is 0 Å². The Kier molecular flexibility index (Phi) is 3.42. The van der Waals surface area contributed by atoms with Crippen molar-refractivity contribution in [2.75, 3.05) is 13.1 Å². The maximum atomic E-state index is 12.4. The van der Waals surface area contributed by atoms with Gasteiger partial charge in [-0.25, -0.2) is 0 Å². The number of halogens is 3. The van der Waals surface area contributed by atoms with Crippen LogP contribution in [0, 0.1) is 0 Å². The molecule has 0 amide bonds. The normalized spacial score (nSPS) is 34.5. The van der Waals surface area contributed by atoms with Crippen molar-refractivity contribution in [3.8, 4) is 0 Å². The molecule has 1 rings (SSSR count). The molecule has 0 aromatic rings. The van der Waals surface area contributed by atoms with Crippen LogP contribution in [0.15, 0.2) is 0 Å². The largest absolute Gasteiger partial charge is 0.415 e. The summed E-state index contributed by atoms with van der Waals surface area (Å²) in [5.41, 5.74) is -0.673. The highest BCUT2D eigenvalue weighted by atomic mass is 19.4. The molecule has 1 heterocycles. The summed E-state index contributed by atoms with van der Waals surface area (Å²) in [7, 11) is 0. The molecule has 0 saturated carbocycles. The molecule has 1 aliphatic heterocycles. The quantitative estimate of drug-likeness (QED) is 0.755. The van der Waals surface area contributed by atoms with Gasteiger partial charge in [0.05, 0.1) is 5.60 Å². The molecule has 84 valence electrons. The average molecular weight is 211 g/mol. The molecule has 0 radical (unpaired) electrons. The van der Waals surface area contributed by atoms with Crippen LogP contribution in [-0.4, -0.2) is 31.0 Å². The Hall–Kier alpha value is -0.290. The average Bonchev–Trinajstić information content (AvgIpc) is 2.02. The predicted molar refractivity (Wildman–Crippen MR) is 47.1 cm³/mol. The third-order valence-electron chi connectivity index (χ3n) is 2.40. The summed E-state index contributed by atoms with van der Waals surface area (Å²) in [4.78, 5) is 0. The summed E-state index contributed by atoms with van der Waals surface area (Å²) >= 11 is 0. The first kappa shape index (κ1) is 11.8. The van der Waals surface area contributed by atoms with Gasteiger partial charge in [0, 0.05) is 13.1 Å². The van der Waals surface area contributed by atoms with Gasteiger partial charge in [-0.3, -0.25) is 0 Å². The van der Waals surface area contributed by atoms with Crippen LogP contribution in [0.4, 0.5) is 13.2 Å². The van der Waals surface area contributed by atoms with E-state index in [1.54, 1.807) is 6.92 Å². The third kappa shape index (κ3) is 2.85. The molecule has 0 spiro atoms. The van der Waals surface area contributed by atoms with Crippen molar-refractivity contribution in [1.29, 1.82) is 0 Å². The van der Waals surface area contributed by atoms with Crippen molar-refractivity contribution >= 4 is 0 Å².